The fourth-order valence-corrected chi connectivity index (χ4v) is 2.43. The van der Waals surface area contributed by atoms with E-state index >= 15 is 0 Å². The minimum absolute atomic E-state index is 0.143. The van der Waals surface area contributed by atoms with Gasteiger partial charge >= 0.3 is 0 Å². The van der Waals surface area contributed by atoms with Gasteiger partial charge in [0.2, 0.25) is 0 Å². The van der Waals surface area contributed by atoms with Crippen LogP contribution in [0.25, 0.3) is 0 Å². The third kappa shape index (κ3) is 19.9. The molecule has 0 spiro atoms. The third-order valence-electron chi connectivity index (χ3n) is 4.26. The molecule has 0 aromatic heterocycles. The lowest BCUT2D eigenvalue weighted by atomic mass is 10.0. The van der Waals surface area contributed by atoms with Crippen LogP contribution >= 0.6 is 0 Å². The Labute approximate surface area is 150 Å². The summed E-state index contributed by atoms with van der Waals surface area (Å²) in [6.07, 6.45) is 10.0. The maximum absolute atomic E-state index is 8.50. The van der Waals surface area contributed by atoms with Crippen molar-refractivity contribution in [3.05, 3.63) is 0 Å². The molecular weight excluding hydrogens is 304 g/mol. The highest BCUT2D eigenvalue weighted by Crippen LogP contribution is 2.13. The molecule has 0 heterocycles. The molecule has 0 radical (unpaired) electrons. The normalized spacial score (nSPS) is 13.2. The van der Waals surface area contributed by atoms with Crippen molar-refractivity contribution in [1.82, 2.24) is 0 Å². The van der Waals surface area contributed by atoms with E-state index in [4.69, 9.17) is 19.7 Å². The Kier molecular flexibility index (Phi) is 24.8. The third-order valence-corrected chi connectivity index (χ3v) is 4.26. The lowest BCUT2D eigenvalue weighted by Crippen LogP contribution is -2.10. The average molecular weight is 349 g/mol. The van der Waals surface area contributed by atoms with Gasteiger partial charge in [-0.25, -0.2) is 0 Å². The summed E-state index contributed by atoms with van der Waals surface area (Å²) in [5, 5.41) is 17.0. The van der Waals surface area contributed by atoms with Crippen LogP contribution < -0.4 is 0 Å². The minimum Gasteiger partial charge on any atom is -0.394 e. The van der Waals surface area contributed by atoms with E-state index in [1.165, 1.54) is 51.4 Å². The number of ether oxygens (including phenoxy) is 2. The SMILES string of the molecule is CCCCC(CC)COCCO.CCCCC(CC)COCCO. The summed E-state index contributed by atoms with van der Waals surface area (Å²) in [6.45, 7) is 11.7. The topological polar surface area (TPSA) is 58.9 Å². The van der Waals surface area contributed by atoms with E-state index in [1.807, 2.05) is 0 Å². The highest BCUT2D eigenvalue weighted by molar-refractivity contribution is 4.56. The largest absolute Gasteiger partial charge is 0.394 e. The van der Waals surface area contributed by atoms with Crippen molar-refractivity contribution in [3.63, 3.8) is 0 Å². The van der Waals surface area contributed by atoms with E-state index in [0.717, 1.165) is 13.2 Å². The Balaban J connectivity index is 0. The minimum atomic E-state index is 0.143. The molecule has 4 heteroatoms. The van der Waals surface area contributed by atoms with Gasteiger partial charge in [0.25, 0.3) is 0 Å². The number of hydrogen-bond acceptors (Lipinski definition) is 4. The van der Waals surface area contributed by atoms with Crippen LogP contribution in [0.15, 0.2) is 0 Å². The summed E-state index contributed by atoms with van der Waals surface area (Å²) in [5.41, 5.74) is 0. The molecule has 0 rings (SSSR count). The van der Waals surface area contributed by atoms with Crippen molar-refractivity contribution < 1.29 is 19.7 Å². The molecule has 0 fully saturated rings. The molecule has 0 aliphatic heterocycles. The second-order valence-electron chi connectivity index (χ2n) is 6.43. The zero-order valence-electron chi connectivity index (χ0n) is 16.8. The Morgan fingerprint density at radius 2 is 1.04 bits per heavy atom. The van der Waals surface area contributed by atoms with Crippen LogP contribution in [0.3, 0.4) is 0 Å². The Morgan fingerprint density at radius 3 is 1.29 bits per heavy atom. The molecule has 0 saturated carbocycles. The highest BCUT2D eigenvalue weighted by Gasteiger charge is 2.05. The summed E-state index contributed by atoms with van der Waals surface area (Å²) >= 11 is 0. The van der Waals surface area contributed by atoms with E-state index in [-0.39, 0.29) is 13.2 Å². The van der Waals surface area contributed by atoms with E-state index in [1.54, 1.807) is 0 Å². The van der Waals surface area contributed by atoms with Crippen LogP contribution in [0, 0.1) is 11.8 Å². The molecule has 2 unspecified atom stereocenters. The van der Waals surface area contributed by atoms with E-state index in [9.17, 15) is 0 Å². The summed E-state index contributed by atoms with van der Waals surface area (Å²) in [7, 11) is 0. The van der Waals surface area contributed by atoms with Gasteiger partial charge in [-0.2, -0.15) is 0 Å². The van der Waals surface area contributed by atoms with Crippen molar-refractivity contribution in [1.29, 1.82) is 0 Å². The smallest absolute Gasteiger partial charge is 0.0697 e. The molecule has 24 heavy (non-hydrogen) atoms. The number of aliphatic hydroxyl groups is 2. The molecule has 0 amide bonds. The first kappa shape index (κ1) is 26.1. The van der Waals surface area contributed by atoms with Gasteiger partial charge in [-0.3, -0.25) is 0 Å². The predicted molar refractivity (Wildman–Crippen MR) is 102 cm³/mol. The quantitative estimate of drug-likeness (QED) is 0.405. The highest BCUT2D eigenvalue weighted by atomic mass is 16.5. The van der Waals surface area contributed by atoms with Crippen molar-refractivity contribution in [2.24, 2.45) is 11.8 Å². The van der Waals surface area contributed by atoms with E-state index < -0.39 is 0 Å². The first-order valence-electron chi connectivity index (χ1n) is 10.1. The zero-order chi connectivity index (χ0) is 18.5. The summed E-state index contributed by atoms with van der Waals surface area (Å²) in [5.74, 6) is 1.38. The van der Waals surface area contributed by atoms with Gasteiger partial charge in [-0.05, 0) is 24.7 Å². The molecule has 0 saturated heterocycles. The molecule has 0 aliphatic rings. The molecule has 4 nitrogen and oxygen atoms in total. The number of hydrogen-bond donors (Lipinski definition) is 2. The second kappa shape index (κ2) is 22.8. The van der Waals surface area contributed by atoms with Crippen LogP contribution in [0.5, 0.6) is 0 Å². The first-order valence-corrected chi connectivity index (χ1v) is 10.1. The molecular formula is C20H44O4. The molecule has 0 aromatic carbocycles. The standard InChI is InChI=1S/2C10H22O2/c2*1-3-5-6-10(4-2)9-12-8-7-11/h2*10-11H,3-9H2,1-2H3. The van der Waals surface area contributed by atoms with Crippen molar-refractivity contribution in [2.45, 2.75) is 79.1 Å². The summed E-state index contributed by atoms with van der Waals surface area (Å²) < 4.78 is 10.6. The van der Waals surface area contributed by atoms with Gasteiger partial charge in [0, 0.05) is 13.2 Å². The van der Waals surface area contributed by atoms with E-state index in [0.29, 0.717) is 25.0 Å². The van der Waals surface area contributed by atoms with Crippen LogP contribution in [0.2, 0.25) is 0 Å². The zero-order valence-corrected chi connectivity index (χ0v) is 16.8. The van der Waals surface area contributed by atoms with Gasteiger partial charge in [0.05, 0.1) is 26.4 Å². The average Bonchev–Trinajstić information content (AvgIpc) is 2.61. The molecule has 0 aliphatic carbocycles. The van der Waals surface area contributed by atoms with Crippen LogP contribution in [0.1, 0.15) is 79.1 Å². The summed E-state index contributed by atoms with van der Waals surface area (Å²) in [4.78, 5) is 0. The maximum Gasteiger partial charge on any atom is 0.0697 e. The fraction of sp³-hybridized carbons (Fsp3) is 1.00. The lowest BCUT2D eigenvalue weighted by Gasteiger charge is -2.13. The Bertz CT molecular complexity index is 190. The second-order valence-corrected chi connectivity index (χ2v) is 6.43. The van der Waals surface area contributed by atoms with Crippen LogP contribution in [0.4, 0.5) is 0 Å². The van der Waals surface area contributed by atoms with Crippen LogP contribution in [-0.4, -0.2) is 49.9 Å². The van der Waals surface area contributed by atoms with Gasteiger partial charge < -0.3 is 19.7 Å². The monoisotopic (exact) mass is 348 g/mol. The number of aliphatic hydroxyl groups excluding tert-OH is 2. The number of rotatable bonds is 16. The fourth-order valence-electron chi connectivity index (χ4n) is 2.43. The van der Waals surface area contributed by atoms with Crippen molar-refractivity contribution >= 4 is 0 Å². The summed E-state index contributed by atoms with van der Waals surface area (Å²) in [6, 6.07) is 0. The lowest BCUT2D eigenvalue weighted by molar-refractivity contribution is 0.0640. The number of unbranched alkanes of at least 4 members (excludes halogenated alkanes) is 2. The molecule has 0 aromatic rings. The van der Waals surface area contributed by atoms with Gasteiger partial charge in [0.15, 0.2) is 0 Å². The van der Waals surface area contributed by atoms with Crippen LogP contribution in [-0.2, 0) is 9.47 Å². The molecule has 0 bridgehead atoms. The van der Waals surface area contributed by atoms with Gasteiger partial charge in [-0.15, -0.1) is 0 Å². The van der Waals surface area contributed by atoms with Crippen molar-refractivity contribution in [3.8, 4) is 0 Å². The van der Waals surface area contributed by atoms with Gasteiger partial charge in [-0.1, -0.05) is 66.2 Å². The van der Waals surface area contributed by atoms with E-state index in [2.05, 4.69) is 27.7 Å². The van der Waals surface area contributed by atoms with Gasteiger partial charge in [0.1, 0.15) is 0 Å². The molecule has 148 valence electrons. The Hall–Kier alpha value is -0.160. The molecule has 2 atom stereocenters. The molecule has 2 N–H and O–H groups in total. The first-order chi connectivity index (χ1) is 11.7. The van der Waals surface area contributed by atoms with Crippen molar-refractivity contribution in [2.75, 3.05) is 39.6 Å². The Morgan fingerprint density at radius 1 is 0.667 bits per heavy atom. The predicted octanol–water partition coefficient (Wildman–Crippen LogP) is 4.42. The maximum atomic E-state index is 8.50.